The van der Waals surface area contributed by atoms with Gasteiger partial charge >= 0.3 is 0 Å². The van der Waals surface area contributed by atoms with E-state index in [-0.39, 0.29) is 6.10 Å². The van der Waals surface area contributed by atoms with Crippen LogP contribution >= 0.6 is 0 Å². The fourth-order valence-electron chi connectivity index (χ4n) is 6.31. The summed E-state index contributed by atoms with van der Waals surface area (Å²) in [5.41, 5.74) is 1.21. The standard InChI is InChI=1S/C38H70NO3/c1-3-4-5-6-7-8-9-10-11-12-13-14-17-25-32-40-35-38(42-34-37-27-20-19-21-28-37)36-41-33-26-18-15-16-22-29-39(2)30-23-24-31-39/h19-21,27-28,38H,3-18,22-26,29-36H2,1-2H3/q+1. The van der Waals surface area contributed by atoms with Crippen molar-refractivity contribution < 1.29 is 18.7 Å². The molecule has 1 aliphatic heterocycles. The number of likely N-dealkylation sites (tertiary alicyclic amines) is 1. The number of ether oxygens (including phenoxy) is 3. The van der Waals surface area contributed by atoms with Crippen LogP contribution in [-0.4, -0.2) is 63.7 Å². The molecule has 0 saturated carbocycles. The van der Waals surface area contributed by atoms with Crippen LogP contribution < -0.4 is 0 Å². The maximum Gasteiger partial charge on any atom is 0.105 e. The first-order valence-corrected chi connectivity index (χ1v) is 18.4. The molecule has 1 fully saturated rings. The molecule has 1 aromatic rings. The Hall–Kier alpha value is -0.940. The maximum absolute atomic E-state index is 6.22. The molecular formula is C38H70NO3+. The van der Waals surface area contributed by atoms with Gasteiger partial charge < -0.3 is 18.7 Å². The van der Waals surface area contributed by atoms with E-state index in [4.69, 9.17) is 14.2 Å². The van der Waals surface area contributed by atoms with Crippen molar-refractivity contribution in [3.8, 4) is 0 Å². The summed E-state index contributed by atoms with van der Waals surface area (Å²) in [6.07, 6.45) is 28.8. The van der Waals surface area contributed by atoms with Gasteiger partial charge in [0.2, 0.25) is 0 Å². The fraction of sp³-hybridized carbons (Fsp3) is 0.842. The molecule has 4 heteroatoms. The Labute approximate surface area is 261 Å². The first kappa shape index (κ1) is 37.2. The van der Waals surface area contributed by atoms with Crippen LogP contribution in [0.1, 0.15) is 147 Å². The summed E-state index contributed by atoms with van der Waals surface area (Å²) in [6, 6.07) is 10.4. The fourth-order valence-corrected chi connectivity index (χ4v) is 6.31. The topological polar surface area (TPSA) is 27.7 Å². The van der Waals surface area contributed by atoms with Crippen molar-refractivity contribution in [2.24, 2.45) is 0 Å². The molecular weight excluding hydrogens is 518 g/mol. The molecule has 244 valence electrons. The third-order valence-corrected chi connectivity index (χ3v) is 9.21. The van der Waals surface area contributed by atoms with Crippen LogP contribution in [0.15, 0.2) is 30.3 Å². The first-order chi connectivity index (χ1) is 20.7. The molecule has 0 bridgehead atoms. The first-order valence-electron chi connectivity index (χ1n) is 18.4. The lowest BCUT2D eigenvalue weighted by Crippen LogP contribution is -2.41. The summed E-state index contributed by atoms with van der Waals surface area (Å²) >= 11 is 0. The van der Waals surface area contributed by atoms with Gasteiger partial charge in [0.15, 0.2) is 0 Å². The molecule has 1 unspecified atom stereocenters. The largest absolute Gasteiger partial charge is 0.379 e. The van der Waals surface area contributed by atoms with Crippen molar-refractivity contribution in [1.29, 1.82) is 0 Å². The van der Waals surface area contributed by atoms with Gasteiger partial charge in [-0.05, 0) is 31.2 Å². The predicted octanol–water partition coefficient (Wildman–Crippen LogP) is 10.3. The monoisotopic (exact) mass is 589 g/mol. The number of hydrogen-bond donors (Lipinski definition) is 0. The molecule has 0 amide bonds. The van der Waals surface area contributed by atoms with E-state index in [0.717, 1.165) is 26.1 Å². The van der Waals surface area contributed by atoms with Crippen molar-refractivity contribution in [1.82, 2.24) is 0 Å². The second-order valence-corrected chi connectivity index (χ2v) is 13.4. The van der Waals surface area contributed by atoms with Crippen LogP contribution in [0.5, 0.6) is 0 Å². The number of hydrogen-bond acceptors (Lipinski definition) is 3. The van der Waals surface area contributed by atoms with Crippen LogP contribution in [0.25, 0.3) is 0 Å². The zero-order valence-corrected chi connectivity index (χ0v) is 28.1. The van der Waals surface area contributed by atoms with Crippen LogP contribution in [0.3, 0.4) is 0 Å². The van der Waals surface area contributed by atoms with Gasteiger partial charge in [-0.2, -0.15) is 0 Å². The normalized spacial score (nSPS) is 15.4. The molecule has 1 aliphatic rings. The Kier molecular flexibility index (Phi) is 23.5. The maximum atomic E-state index is 6.22. The molecule has 0 spiro atoms. The van der Waals surface area contributed by atoms with Crippen molar-refractivity contribution in [2.75, 3.05) is 53.1 Å². The van der Waals surface area contributed by atoms with E-state index < -0.39 is 0 Å². The summed E-state index contributed by atoms with van der Waals surface area (Å²) in [7, 11) is 2.45. The minimum Gasteiger partial charge on any atom is -0.379 e. The highest BCUT2D eigenvalue weighted by molar-refractivity contribution is 5.13. The zero-order valence-electron chi connectivity index (χ0n) is 28.1. The van der Waals surface area contributed by atoms with Gasteiger partial charge in [0, 0.05) is 26.1 Å². The molecule has 0 aromatic heterocycles. The highest BCUT2D eigenvalue weighted by Gasteiger charge is 2.25. The Morgan fingerprint density at radius 3 is 1.55 bits per heavy atom. The average molecular weight is 589 g/mol. The summed E-state index contributed by atoms with van der Waals surface area (Å²) < 4.78 is 19.6. The van der Waals surface area contributed by atoms with E-state index in [1.54, 1.807) is 0 Å². The number of quaternary nitrogens is 1. The van der Waals surface area contributed by atoms with Gasteiger partial charge in [-0.1, -0.05) is 134 Å². The summed E-state index contributed by atoms with van der Waals surface area (Å²) in [5.74, 6) is 0. The van der Waals surface area contributed by atoms with Gasteiger partial charge in [0.1, 0.15) is 6.10 Å². The lowest BCUT2D eigenvalue weighted by atomic mass is 10.0. The lowest BCUT2D eigenvalue weighted by Gasteiger charge is -2.29. The van der Waals surface area contributed by atoms with Gasteiger partial charge in [0.05, 0.1) is 46.5 Å². The molecule has 0 radical (unpaired) electrons. The number of unbranched alkanes of at least 4 members (excludes halogenated alkanes) is 17. The van der Waals surface area contributed by atoms with Crippen LogP contribution in [0.2, 0.25) is 0 Å². The number of rotatable bonds is 30. The molecule has 1 heterocycles. The van der Waals surface area contributed by atoms with Crippen molar-refractivity contribution in [2.45, 2.75) is 154 Å². The minimum absolute atomic E-state index is 0.00164. The molecule has 1 atom stereocenters. The highest BCUT2D eigenvalue weighted by atomic mass is 16.6. The summed E-state index contributed by atoms with van der Waals surface area (Å²) in [6.45, 7) is 9.99. The van der Waals surface area contributed by atoms with Gasteiger partial charge in [-0.25, -0.2) is 0 Å². The van der Waals surface area contributed by atoms with Gasteiger partial charge in [-0.15, -0.1) is 0 Å². The van der Waals surface area contributed by atoms with Crippen molar-refractivity contribution >= 4 is 0 Å². The predicted molar refractivity (Wildman–Crippen MR) is 180 cm³/mol. The highest BCUT2D eigenvalue weighted by Crippen LogP contribution is 2.18. The van der Waals surface area contributed by atoms with Crippen LogP contribution in [0.4, 0.5) is 0 Å². The van der Waals surface area contributed by atoms with E-state index in [1.807, 2.05) is 0 Å². The van der Waals surface area contributed by atoms with E-state index in [0.29, 0.717) is 19.8 Å². The third-order valence-electron chi connectivity index (χ3n) is 9.21. The number of nitrogens with zero attached hydrogens (tertiary/aromatic N) is 1. The van der Waals surface area contributed by atoms with Gasteiger partial charge in [-0.3, -0.25) is 0 Å². The SMILES string of the molecule is CCCCCCCCCCCCCCCCOCC(COCCCCCCC[N+]1(C)CCCC1)OCc1ccccc1. The van der Waals surface area contributed by atoms with Crippen molar-refractivity contribution in [3.05, 3.63) is 35.9 Å². The quantitative estimate of drug-likeness (QED) is 0.0661. The average Bonchev–Trinajstić information content (AvgIpc) is 3.45. The second-order valence-electron chi connectivity index (χ2n) is 13.4. The van der Waals surface area contributed by atoms with E-state index >= 15 is 0 Å². The van der Waals surface area contributed by atoms with E-state index in [2.05, 4.69) is 44.3 Å². The Morgan fingerprint density at radius 1 is 0.595 bits per heavy atom. The Bertz CT molecular complexity index is 691. The van der Waals surface area contributed by atoms with Crippen molar-refractivity contribution in [3.63, 3.8) is 0 Å². The zero-order chi connectivity index (χ0) is 29.8. The molecule has 42 heavy (non-hydrogen) atoms. The molecule has 0 N–H and O–H groups in total. The summed E-state index contributed by atoms with van der Waals surface area (Å²) in [5, 5.41) is 0. The molecule has 0 aliphatic carbocycles. The number of benzene rings is 1. The Morgan fingerprint density at radius 2 is 1.05 bits per heavy atom. The van der Waals surface area contributed by atoms with E-state index in [1.165, 1.54) is 152 Å². The van der Waals surface area contributed by atoms with Crippen LogP contribution in [-0.2, 0) is 20.8 Å². The second kappa shape index (κ2) is 26.5. The summed E-state index contributed by atoms with van der Waals surface area (Å²) in [4.78, 5) is 0. The Balaban J connectivity index is 1.44. The van der Waals surface area contributed by atoms with Gasteiger partial charge in [0.25, 0.3) is 0 Å². The van der Waals surface area contributed by atoms with Crippen LogP contribution in [0, 0.1) is 0 Å². The molecule has 4 nitrogen and oxygen atoms in total. The molecule has 2 rings (SSSR count). The molecule has 1 aromatic carbocycles. The smallest absolute Gasteiger partial charge is 0.105 e. The third kappa shape index (κ3) is 20.9. The van der Waals surface area contributed by atoms with E-state index in [9.17, 15) is 0 Å². The lowest BCUT2D eigenvalue weighted by molar-refractivity contribution is -0.897. The minimum atomic E-state index is 0.00164. The molecule has 1 saturated heterocycles.